The summed E-state index contributed by atoms with van der Waals surface area (Å²) in [7, 11) is -2.85. The van der Waals surface area contributed by atoms with Crippen molar-refractivity contribution in [1.82, 2.24) is 9.22 Å². The Morgan fingerprint density at radius 1 is 1.14 bits per heavy atom. The van der Waals surface area contributed by atoms with Crippen molar-refractivity contribution < 1.29 is 4.39 Å². The molecule has 5 heteroatoms. The van der Waals surface area contributed by atoms with E-state index in [2.05, 4.69) is 61.6 Å². The molecule has 2 nitrogen and oxygen atoms in total. The third-order valence-corrected chi connectivity index (χ3v) is 6.95. The van der Waals surface area contributed by atoms with Gasteiger partial charge in [0.1, 0.15) is 14.1 Å². The van der Waals surface area contributed by atoms with Gasteiger partial charge in [-0.2, -0.15) is 0 Å². The lowest BCUT2D eigenvalue weighted by atomic mass is 10.1. The standard InChI is InChI=1S/C17H29FN2Si2/c1-13(19-21(2,3)4)10-14-12-20(22(5,6)7)17-11-15(18)8-9-16(14)17/h8-9,11-13,19H,10H2,1-7H3. The maximum absolute atomic E-state index is 13.7. The Labute approximate surface area is 135 Å². The summed E-state index contributed by atoms with van der Waals surface area (Å²) in [6, 6.07) is 5.65. The number of hydrogen-bond donors (Lipinski definition) is 1. The molecule has 1 unspecified atom stereocenters. The summed E-state index contributed by atoms with van der Waals surface area (Å²) >= 11 is 0. The molecule has 0 aliphatic rings. The van der Waals surface area contributed by atoms with Gasteiger partial charge in [-0.25, -0.2) is 4.39 Å². The van der Waals surface area contributed by atoms with Crippen LogP contribution in [0, 0.1) is 5.82 Å². The van der Waals surface area contributed by atoms with E-state index in [4.69, 9.17) is 0 Å². The summed E-state index contributed by atoms with van der Waals surface area (Å²) in [5, 5.41) is 1.20. The summed E-state index contributed by atoms with van der Waals surface area (Å²) < 4.78 is 16.0. The first-order valence-corrected chi connectivity index (χ1v) is 15.0. The number of hydrogen-bond acceptors (Lipinski definition) is 1. The fraction of sp³-hybridized carbons (Fsp3) is 0.529. The molecule has 0 amide bonds. The highest BCUT2D eigenvalue weighted by molar-refractivity contribution is 6.75. The van der Waals surface area contributed by atoms with E-state index < -0.39 is 16.5 Å². The summed E-state index contributed by atoms with van der Waals surface area (Å²) in [4.78, 5) is 3.76. The van der Waals surface area contributed by atoms with Gasteiger partial charge in [0, 0.05) is 16.9 Å². The number of halogens is 1. The van der Waals surface area contributed by atoms with Crippen LogP contribution in [0.4, 0.5) is 4.39 Å². The van der Waals surface area contributed by atoms with E-state index in [-0.39, 0.29) is 5.82 Å². The zero-order chi connectivity index (χ0) is 16.7. The van der Waals surface area contributed by atoms with E-state index in [1.807, 2.05) is 6.07 Å². The Balaban J connectivity index is 2.42. The molecule has 22 heavy (non-hydrogen) atoms. The van der Waals surface area contributed by atoms with Crippen molar-refractivity contribution in [2.45, 2.75) is 58.7 Å². The van der Waals surface area contributed by atoms with Crippen LogP contribution in [0.1, 0.15) is 12.5 Å². The van der Waals surface area contributed by atoms with Gasteiger partial charge in [-0.15, -0.1) is 0 Å². The molecule has 0 aliphatic heterocycles. The molecule has 0 radical (unpaired) electrons. The minimum Gasteiger partial charge on any atom is -0.374 e. The molecule has 1 N–H and O–H groups in total. The summed E-state index contributed by atoms with van der Waals surface area (Å²) in [5.74, 6) is -0.148. The minimum absolute atomic E-state index is 0.148. The van der Waals surface area contributed by atoms with Crippen LogP contribution in [0.15, 0.2) is 24.4 Å². The van der Waals surface area contributed by atoms with E-state index in [1.54, 1.807) is 12.1 Å². The van der Waals surface area contributed by atoms with Crippen molar-refractivity contribution in [2.75, 3.05) is 0 Å². The summed E-state index contributed by atoms with van der Waals surface area (Å²) in [6.07, 6.45) is 3.25. The van der Waals surface area contributed by atoms with Gasteiger partial charge >= 0.3 is 0 Å². The van der Waals surface area contributed by atoms with Gasteiger partial charge in [0.25, 0.3) is 0 Å². The van der Waals surface area contributed by atoms with Gasteiger partial charge in [0.05, 0.1) is 0 Å². The van der Waals surface area contributed by atoms with Gasteiger partial charge in [-0.05, 0) is 36.4 Å². The molecule has 2 aromatic rings. The molecule has 0 bridgehead atoms. The molecule has 1 heterocycles. The highest BCUT2D eigenvalue weighted by Crippen LogP contribution is 2.27. The van der Waals surface area contributed by atoms with Crippen molar-refractivity contribution in [3.05, 3.63) is 35.8 Å². The van der Waals surface area contributed by atoms with Gasteiger partial charge in [-0.1, -0.05) is 46.2 Å². The predicted octanol–water partition coefficient (Wildman–Crippen LogP) is 4.82. The number of nitrogens with zero attached hydrogens (tertiary/aromatic N) is 1. The second-order valence-electron chi connectivity index (χ2n) is 8.36. The number of nitrogens with one attached hydrogen (secondary N) is 1. The maximum atomic E-state index is 13.7. The number of rotatable bonds is 5. The SMILES string of the molecule is CC(Cc1cn([Si](C)(C)C)c2cc(F)ccc12)N[Si](C)(C)C. The fourth-order valence-electron chi connectivity index (χ4n) is 3.11. The monoisotopic (exact) mass is 336 g/mol. The maximum Gasteiger partial charge on any atom is 0.152 e. The number of fused-ring (bicyclic) bond motifs is 1. The van der Waals surface area contributed by atoms with Crippen LogP contribution in [0.25, 0.3) is 10.9 Å². The van der Waals surface area contributed by atoms with Gasteiger partial charge in [0.2, 0.25) is 0 Å². The van der Waals surface area contributed by atoms with Crippen LogP contribution in [-0.4, -0.2) is 26.7 Å². The molecule has 0 aliphatic carbocycles. The molecule has 1 atom stereocenters. The number of aromatic nitrogens is 1. The molecule has 1 aromatic carbocycles. The van der Waals surface area contributed by atoms with Crippen molar-refractivity contribution in [3.63, 3.8) is 0 Å². The highest BCUT2D eigenvalue weighted by atomic mass is 28.3. The molecular weight excluding hydrogens is 307 g/mol. The molecule has 122 valence electrons. The van der Waals surface area contributed by atoms with Crippen LogP contribution in [0.5, 0.6) is 0 Å². The molecule has 0 spiro atoms. The highest BCUT2D eigenvalue weighted by Gasteiger charge is 2.23. The lowest BCUT2D eigenvalue weighted by molar-refractivity contribution is 0.629. The molecule has 0 saturated heterocycles. The Hall–Kier alpha value is -0.916. The minimum atomic E-state index is -1.56. The first-order valence-electron chi connectivity index (χ1n) is 8.05. The van der Waals surface area contributed by atoms with Gasteiger partial charge < -0.3 is 9.22 Å². The quantitative estimate of drug-likeness (QED) is 0.775. The van der Waals surface area contributed by atoms with E-state index in [0.29, 0.717) is 6.04 Å². The van der Waals surface area contributed by atoms with E-state index in [0.717, 1.165) is 11.9 Å². The lowest BCUT2D eigenvalue weighted by Crippen LogP contribution is -2.47. The van der Waals surface area contributed by atoms with Gasteiger partial charge in [0.15, 0.2) is 8.24 Å². The molecule has 2 rings (SSSR count). The topological polar surface area (TPSA) is 17.0 Å². The van der Waals surface area contributed by atoms with Crippen molar-refractivity contribution >= 4 is 27.4 Å². The first kappa shape index (κ1) is 17.4. The Kier molecular flexibility index (Phi) is 4.71. The van der Waals surface area contributed by atoms with Crippen molar-refractivity contribution in [1.29, 1.82) is 0 Å². The van der Waals surface area contributed by atoms with Crippen LogP contribution >= 0.6 is 0 Å². The van der Waals surface area contributed by atoms with E-state index in [1.165, 1.54) is 10.9 Å². The van der Waals surface area contributed by atoms with Crippen LogP contribution in [-0.2, 0) is 6.42 Å². The van der Waals surface area contributed by atoms with Crippen molar-refractivity contribution in [2.24, 2.45) is 0 Å². The summed E-state index contributed by atoms with van der Waals surface area (Å²) in [5.41, 5.74) is 2.38. The fourth-order valence-corrected chi connectivity index (χ4v) is 6.14. The average Bonchev–Trinajstić information content (AvgIpc) is 2.64. The Bertz CT molecular complexity index is 666. The van der Waals surface area contributed by atoms with Crippen molar-refractivity contribution in [3.8, 4) is 0 Å². The third-order valence-electron chi connectivity index (χ3n) is 3.78. The van der Waals surface area contributed by atoms with Gasteiger partial charge in [-0.3, -0.25) is 0 Å². The number of benzene rings is 1. The second kappa shape index (κ2) is 5.94. The third kappa shape index (κ3) is 4.09. The predicted molar refractivity (Wildman–Crippen MR) is 100 cm³/mol. The Morgan fingerprint density at radius 2 is 1.77 bits per heavy atom. The average molecular weight is 337 g/mol. The van der Waals surface area contributed by atoms with E-state index in [9.17, 15) is 4.39 Å². The zero-order valence-corrected chi connectivity index (χ0v) is 16.9. The summed E-state index contributed by atoms with van der Waals surface area (Å²) in [6.45, 7) is 16.1. The normalized spacial score (nSPS) is 14.5. The first-order chi connectivity index (χ1) is 9.97. The smallest absolute Gasteiger partial charge is 0.152 e. The Morgan fingerprint density at radius 3 is 2.32 bits per heavy atom. The van der Waals surface area contributed by atoms with Crippen LogP contribution in [0.2, 0.25) is 39.3 Å². The van der Waals surface area contributed by atoms with E-state index >= 15 is 0 Å². The molecular formula is C17H29FN2Si2. The molecule has 1 aromatic heterocycles. The largest absolute Gasteiger partial charge is 0.374 e. The molecule has 0 saturated carbocycles. The molecule has 0 fully saturated rings. The van der Waals surface area contributed by atoms with Crippen LogP contribution < -0.4 is 4.98 Å². The van der Waals surface area contributed by atoms with Crippen LogP contribution in [0.3, 0.4) is 0 Å². The zero-order valence-electron chi connectivity index (χ0n) is 14.9. The second-order valence-corrected chi connectivity index (χ2v) is 18.0. The lowest BCUT2D eigenvalue weighted by Gasteiger charge is -2.24.